The number of hydrogen-bond donors (Lipinski definition) is 0. The van der Waals surface area contributed by atoms with Gasteiger partial charge in [-0.2, -0.15) is 0 Å². The first-order valence-corrected chi connectivity index (χ1v) is 7.49. The standard InChI is InChI=1S/C15H20ClFN2O/c1-20-10-4-2-3-9-19-14-6-5-12(17)11-13(14)18-15(19)7-8-16/h5-6,11H,2-4,7-10H2,1H3. The van der Waals surface area contributed by atoms with Crippen molar-refractivity contribution in [3.63, 3.8) is 0 Å². The minimum Gasteiger partial charge on any atom is -0.385 e. The molecule has 110 valence electrons. The van der Waals surface area contributed by atoms with Crippen molar-refractivity contribution >= 4 is 22.6 Å². The molecule has 0 amide bonds. The summed E-state index contributed by atoms with van der Waals surface area (Å²) in [6, 6.07) is 4.76. The Labute approximate surface area is 123 Å². The van der Waals surface area contributed by atoms with Crippen LogP contribution in [-0.2, 0) is 17.7 Å². The molecule has 0 radical (unpaired) electrons. The summed E-state index contributed by atoms with van der Waals surface area (Å²) in [5.41, 5.74) is 1.69. The van der Waals surface area contributed by atoms with E-state index in [4.69, 9.17) is 16.3 Å². The first-order chi connectivity index (χ1) is 9.76. The Kier molecular flexibility index (Phi) is 5.80. The molecule has 0 N–H and O–H groups in total. The van der Waals surface area contributed by atoms with Crippen LogP contribution in [0.15, 0.2) is 18.2 Å². The highest BCUT2D eigenvalue weighted by atomic mass is 35.5. The van der Waals surface area contributed by atoms with Gasteiger partial charge in [0, 0.05) is 38.6 Å². The quantitative estimate of drug-likeness (QED) is 0.548. The van der Waals surface area contributed by atoms with Crippen LogP contribution < -0.4 is 0 Å². The Morgan fingerprint density at radius 3 is 2.90 bits per heavy atom. The molecule has 2 rings (SSSR count). The average Bonchev–Trinajstić information content (AvgIpc) is 2.76. The van der Waals surface area contributed by atoms with Crippen molar-refractivity contribution in [1.82, 2.24) is 9.55 Å². The predicted molar refractivity (Wildman–Crippen MR) is 79.8 cm³/mol. The zero-order valence-electron chi connectivity index (χ0n) is 11.7. The molecule has 3 nitrogen and oxygen atoms in total. The van der Waals surface area contributed by atoms with Crippen molar-refractivity contribution in [2.24, 2.45) is 0 Å². The summed E-state index contributed by atoms with van der Waals surface area (Å²) in [6.07, 6.45) is 3.93. The van der Waals surface area contributed by atoms with E-state index in [1.165, 1.54) is 12.1 Å². The maximum Gasteiger partial charge on any atom is 0.125 e. The zero-order chi connectivity index (χ0) is 14.4. The number of methoxy groups -OCH3 is 1. The number of alkyl halides is 1. The van der Waals surface area contributed by atoms with Crippen LogP contribution in [-0.4, -0.2) is 29.1 Å². The average molecular weight is 299 g/mol. The Hall–Kier alpha value is -1.13. The lowest BCUT2D eigenvalue weighted by molar-refractivity contribution is 0.191. The highest BCUT2D eigenvalue weighted by Gasteiger charge is 2.10. The van der Waals surface area contributed by atoms with Gasteiger partial charge in [-0.15, -0.1) is 11.6 Å². The molecule has 1 aromatic carbocycles. The highest BCUT2D eigenvalue weighted by Crippen LogP contribution is 2.19. The maximum absolute atomic E-state index is 13.3. The topological polar surface area (TPSA) is 27.1 Å². The largest absolute Gasteiger partial charge is 0.385 e. The number of rotatable bonds is 8. The van der Waals surface area contributed by atoms with Crippen LogP contribution in [0.5, 0.6) is 0 Å². The highest BCUT2D eigenvalue weighted by molar-refractivity contribution is 6.17. The van der Waals surface area contributed by atoms with Gasteiger partial charge in [-0.25, -0.2) is 9.37 Å². The summed E-state index contributed by atoms with van der Waals surface area (Å²) in [5, 5.41) is 0. The summed E-state index contributed by atoms with van der Waals surface area (Å²) >= 11 is 5.83. The second kappa shape index (κ2) is 7.60. The van der Waals surface area contributed by atoms with Gasteiger partial charge in [-0.3, -0.25) is 0 Å². The van der Waals surface area contributed by atoms with Gasteiger partial charge in [0.25, 0.3) is 0 Å². The second-order valence-electron chi connectivity index (χ2n) is 4.81. The van der Waals surface area contributed by atoms with Crippen LogP contribution in [0.4, 0.5) is 4.39 Å². The van der Waals surface area contributed by atoms with Gasteiger partial charge in [0.15, 0.2) is 0 Å². The number of hydrogen-bond acceptors (Lipinski definition) is 2. The molecule has 0 bridgehead atoms. The van der Waals surface area contributed by atoms with E-state index in [2.05, 4.69) is 9.55 Å². The minimum atomic E-state index is -0.250. The number of nitrogens with zero attached hydrogens (tertiary/aromatic N) is 2. The van der Waals surface area contributed by atoms with Gasteiger partial charge in [0.2, 0.25) is 0 Å². The Morgan fingerprint density at radius 1 is 1.30 bits per heavy atom. The zero-order valence-corrected chi connectivity index (χ0v) is 12.5. The van der Waals surface area contributed by atoms with E-state index < -0.39 is 0 Å². The molecule has 0 saturated heterocycles. The molecule has 0 aliphatic heterocycles. The maximum atomic E-state index is 13.3. The minimum absolute atomic E-state index is 0.250. The third-order valence-electron chi connectivity index (χ3n) is 3.34. The fourth-order valence-electron chi connectivity index (χ4n) is 2.37. The van der Waals surface area contributed by atoms with E-state index in [9.17, 15) is 4.39 Å². The Morgan fingerprint density at radius 2 is 2.15 bits per heavy atom. The third kappa shape index (κ3) is 3.70. The van der Waals surface area contributed by atoms with Crippen molar-refractivity contribution in [3.05, 3.63) is 29.8 Å². The van der Waals surface area contributed by atoms with Crippen LogP contribution in [0.2, 0.25) is 0 Å². The molecule has 5 heteroatoms. The molecule has 0 fully saturated rings. The fourth-order valence-corrected chi connectivity index (χ4v) is 2.54. The monoisotopic (exact) mass is 298 g/mol. The molecule has 1 heterocycles. The second-order valence-corrected chi connectivity index (χ2v) is 5.18. The van der Waals surface area contributed by atoms with E-state index in [-0.39, 0.29) is 5.82 Å². The van der Waals surface area contributed by atoms with Crippen LogP contribution in [0, 0.1) is 5.82 Å². The number of aromatic nitrogens is 2. The lowest BCUT2D eigenvalue weighted by Gasteiger charge is -2.08. The molecule has 1 aromatic heterocycles. The van der Waals surface area contributed by atoms with Gasteiger partial charge in [0.1, 0.15) is 11.6 Å². The van der Waals surface area contributed by atoms with Gasteiger partial charge < -0.3 is 9.30 Å². The molecular formula is C15H20ClFN2O. The van der Waals surface area contributed by atoms with Crippen molar-refractivity contribution < 1.29 is 9.13 Å². The first kappa shape index (κ1) is 15.3. The number of unbranched alkanes of at least 4 members (excludes halogenated alkanes) is 2. The van der Waals surface area contributed by atoms with E-state index in [1.54, 1.807) is 13.2 Å². The van der Waals surface area contributed by atoms with Gasteiger partial charge in [0.05, 0.1) is 11.0 Å². The third-order valence-corrected chi connectivity index (χ3v) is 3.53. The smallest absolute Gasteiger partial charge is 0.125 e. The fraction of sp³-hybridized carbons (Fsp3) is 0.533. The van der Waals surface area contributed by atoms with Crippen LogP contribution in [0.25, 0.3) is 11.0 Å². The summed E-state index contributed by atoms with van der Waals surface area (Å²) in [5.74, 6) is 1.21. The van der Waals surface area contributed by atoms with E-state index in [0.29, 0.717) is 17.8 Å². The van der Waals surface area contributed by atoms with E-state index >= 15 is 0 Å². The van der Waals surface area contributed by atoms with Crippen LogP contribution in [0.3, 0.4) is 0 Å². The Balaban J connectivity index is 2.13. The molecule has 20 heavy (non-hydrogen) atoms. The molecule has 0 atom stereocenters. The van der Waals surface area contributed by atoms with E-state index in [1.807, 2.05) is 0 Å². The van der Waals surface area contributed by atoms with E-state index in [0.717, 1.165) is 43.8 Å². The molecule has 0 aliphatic carbocycles. The van der Waals surface area contributed by atoms with Gasteiger partial charge in [-0.1, -0.05) is 0 Å². The Bertz CT molecular complexity index is 556. The van der Waals surface area contributed by atoms with Crippen molar-refractivity contribution in [1.29, 1.82) is 0 Å². The number of halogens is 2. The summed E-state index contributed by atoms with van der Waals surface area (Å²) in [6.45, 7) is 1.68. The number of imidazole rings is 1. The lowest BCUT2D eigenvalue weighted by Crippen LogP contribution is -2.05. The van der Waals surface area contributed by atoms with Gasteiger partial charge >= 0.3 is 0 Å². The number of benzene rings is 1. The summed E-state index contributed by atoms with van der Waals surface area (Å²) in [7, 11) is 1.72. The molecule has 0 aliphatic rings. The van der Waals surface area contributed by atoms with Crippen molar-refractivity contribution in [2.75, 3.05) is 19.6 Å². The first-order valence-electron chi connectivity index (χ1n) is 6.96. The molecule has 0 spiro atoms. The summed E-state index contributed by atoms with van der Waals surface area (Å²) < 4.78 is 20.5. The molecule has 0 unspecified atom stereocenters. The molecule has 0 saturated carbocycles. The summed E-state index contributed by atoms with van der Waals surface area (Å²) in [4.78, 5) is 4.49. The molecule has 2 aromatic rings. The number of fused-ring (bicyclic) bond motifs is 1. The normalized spacial score (nSPS) is 11.3. The predicted octanol–water partition coefficient (Wildman–Crippen LogP) is 3.77. The molecular weight excluding hydrogens is 279 g/mol. The van der Waals surface area contributed by atoms with Crippen molar-refractivity contribution in [2.45, 2.75) is 32.2 Å². The lowest BCUT2D eigenvalue weighted by atomic mass is 10.2. The number of aryl methyl sites for hydroxylation is 2. The number of ether oxygens (including phenoxy) is 1. The van der Waals surface area contributed by atoms with Crippen LogP contribution >= 0.6 is 11.6 Å². The SMILES string of the molecule is COCCCCCn1c(CCCl)nc2cc(F)ccc21. The van der Waals surface area contributed by atoms with Crippen LogP contribution in [0.1, 0.15) is 25.1 Å². The van der Waals surface area contributed by atoms with Crippen molar-refractivity contribution in [3.8, 4) is 0 Å². The van der Waals surface area contributed by atoms with Gasteiger partial charge in [-0.05, 0) is 31.4 Å².